The average molecular weight is 314 g/mol. The predicted molar refractivity (Wildman–Crippen MR) is 91.1 cm³/mol. The summed E-state index contributed by atoms with van der Waals surface area (Å²) in [6.45, 7) is 4.33. The molecule has 0 heterocycles. The van der Waals surface area contributed by atoms with Crippen LogP contribution < -0.4 is 20.1 Å². The summed E-state index contributed by atoms with van der Waals surface area (Å²) < 4.78 is 10.8. The zero-order valence-corrected chi connectivity index (χ0v) is 13.6. The highest BCUT2D eigenvalue weighted by Crippen LogP contribution is 2.18. The number of hydrogen-bond acceptors (Lipinski definition) is 3. The van der Waals surface area contributed by atoms with Gasteiger partial charge in [0.15, 0.2) is 0 Å². The Balaban J connectivity index is 1.87. The molecule has 0 spiro atoms. The van der Waals surface area contributed by atoms with Crippen LogP contribution in [0.3, 0.4) is 0 Å². The van der Waals surface area contributed by atoms with Gasteiger partial charge in [0.1, 0.15) is 11.5 Å². The second-order valence-corrected chi connectivity index (χ2v) is 5.31. The Kier molecular flexibility index (Phi) is 5.86. The molecule has 5 nitrogen and oxygen atoms in total. The minimum Gasteiger partial charge on any atom is -0.496 e. The SMILES string of the molecule is COc1ccccc1CNC(=O)Nc1ccc(OC(C)C)cc1. The summed E-state index contributed by atoms with van der Waals surface area (Å²) in [5, 5.41) is 5.59. The number of carbonyl (C=O) groups is 1. The lowest BCUT2D eigenvalue weighted by atomic mass is 10.2. The monoisotopic (exact) mass is 314 g/mol. The number of hydrogen-bond donors (Lipinski definition) is 2. The smallest absolute Gasteiger partial charge is 0.319 e. The van der Waals surface area contributed by atoms with Gasteiger partial charge in [0.2, 0.25) is 0 Å². The lowest BCUT2D eigenvalue weighted by Crippen LogP contribution is -2.28. The summed E-state index contributed by atoms with van der Waals surface area (Å²) in [6.07, 6.45) is 0.123. The van der Waals surface area contributed by atoms with E-state index >= 15 is 0 Å². The van der Waals surface area contributed by atoms with Gasteiger partial charge in [-0.15, -0.1) is 0 Å². The van der Waals surface area contributed by atoms with Crippen LogP contribution in [0.1, 0.15) is 19.4 Å². The van der Waals surface area contributed by atoms with Crippen molar-refractivity contribution in [3.05, 3.63) is 54.1 Å². The van der Waals surface area contributed by atoms with Crippen LogP contribution in [0, 0.1) is 0 Å². The second kappa shape index (κ2) is 8.08. The molecule has 2 aromatic rings. The van der Waals surface area contributed by atoms with Crippen molar-refractivity contribution in [2.24, 2.45) is 0 Å². The minimum absolute atomic E-state index is 0.123. The fraction of sp³-hybridized carbons (Fsp3) is 0.278. The van der Waals surface area contributed by atoms with Gasteiger partial charge in [-0.1, -0.05) is 18.2 Å². The number of nitrogens with one attached hydrogen (secondary N) is 2. The fourth-order valence-electron chi connectivity index (χ4n) is 2.09. The van der Waals surface area contributed by atoms with Gasteiger partial charge in [0.05, 0.1) is 13.2 Å². The van der Waals surface area contributed by atoms with Crippen molar-refractivity contribution in [2.75, 3.05) is 12.4 Å². The van der Waals surface area contributed by atoms with E-state index in [4.69, 9.17) is 9.47 Å². The summed E-state index contributed by atoms with van der Waals surface area (Å²) in [7, 11) is 1.61. The molecule has 0 fully saturated rings. The van der Waals surface area contributed by atoms with Crippen LogP contribution in [0.15, 0.2) is 48.5 Å². The van der Waals surface area contributed by atoms with E-state index in [0.717, 1.165) is 17.1 Å². The van der Waals surface area contributed by atoms with Gasteiger partial charge in [0.25, 0.3) is 0 Å². The number of urea groups is 1. The molecule has 0 bridgehead atoms. The van der Waals surface area contributed by atoms with Crippen LogP contribution in [0.4, 0.5) is 10.5 Å². The third-order valence-electron chi connectivity index (χ3n) is 3.12. The normalized spacial score (nSPS) is 10.3. The Morgan fingerprint density at radius 1 is 1.09 bits per heavy atom. The van der Waals surface area contributed by atoms with E-state index in [1.165, 1.54) is 0 Å². The highest BCUT2D eigenvalue weighted by Gasteiger charge is 2.05. The number of amides is 2. The molecule has 23 heavy (non-hydrogen) atoms. The van der Waals surface area contributed by atoms with Gasteiger partial charge in [-0.25, -0.2) is 4.79 Å². The molecule has 0 saturated carbocycles. The molecule has 0 atom stereocenters. The van der Waals surface area contributed by atoms with E-state index in [1.807, 2.05) is 50.2 Å². The third-order valence-corrected chi connectivity index (χ3v) is 3.12. The molecule has 0 unspecified atom stereocenters. The van der Waals surface area contributed by atoms with Crippen LogP contribution in [0.2, 0.25) is 0 Å². The average Bonchev–Trinajstić information content (AvgIpc) is 2.54. The molecule has 0 aliphatic heterocycles. The summed E-state index contributed by atoms with van der Waals surface area (Å²) in [5.74, 6) is 1.53. The van der Waals surface area contributed by atoms with Crippen LogP contribution in [0.25, 0.3) is 0 Å². The lowest BCUT2D eigenvalue weighted by Gasteiger charge is -2.12. The van der Waals surface area contributed by atoms with Crippen LogP contribution >= 0.6 is 0 Å². The van der Waals surface area contributed by atoms with Crippen molar-refractivity contribution < 1.29 is 14.3 Å². The second-order valence-electron chi connectivity index (χ2n) is 5.31. The lowest BCUT2D eigenvalue weighted by molar-refractivity contribution is 0.242. The molecule has 0 saturated heterocycles. The Labute approximate surface area is 136 Å². The highest BCUT2D eigenvalue weighted by atomic mass is 16.5. The van der Waals surface area contributed by atoms with Crippen molar-refractivity contribution in [1.82, 2.24) is 5.32 Å². The molecule has 0 aliphatic carbocycles. The summed E-state index contributed by atoms with van der Waals surface area (Å²) in [4.78, 5) is 12.0. The zero-order chi connectivity index (χ0) is 16.7. The van der Waals surface area contributed by atoms with Gasteiger partial charge in [0, 0.05) is 17.8 Å². The Morgan fingerprint density at radius 2 is 1.78 bits per heavy atom. The molecule has 2 aromatic carbocycles. The Hall–Kier alpha value is -2.69. The van der Waals surface area contributed by atoms with Gasteiger partial charge in [-0.2, -0.15) is 0 Å². The summed E-state index contributed by atoms with van der Waals surface area (Å²) >= 11 is 0. The Bertz CT molecular complexity index is 639. The maximum atomic E-state index is 12.0. The first-order valence-corrected chi connectivity index (χ1v) is 7.52. The van der Waals surface area contributed by atoms with Gasteiger partial charge in [-0.3, -0.25) is 0 Å². The quantitative estimate of drug-likeness (QED) is 0.852. The van der Waals surface area contributed by atoms with Gasteiger partial charge >= 0.3 is 6.03 Å². The third kappa shape index (κ3) is 5.21. The van der Waals surface area contributed by atoms with Crippen molar-refractivity contribution in [3.63, 3.8) is 0 Å². The van der Waals surface area contributed by atoms with Gasteiger partial charge in [-0.05, 0) is 44.2 Å². The molecule has 2 N–H and O–H groups in total. The van der Waals surface area contributed by atoms with E-state index in [1.54, 1.807) is 19.2 Å². The topological polar surface area (TPSA) is 59.6 Å². The van der Waals surface area contributed by atoms with E-state index in [0.29, 0.717) is 12.2 Å². The summed E-state index contributed by atoms with van der Waals surface area (Å²) in [5.41, 5.74) is 1.63. The van der Waals surface area contributed by atoms with E-state index < -0.39 is 0 Å². The largest absolute Gasteiger partial charge is 0.496 e. The van der Waals surface area contributed by atoms with Gasteiger partial charge < -0.3 is 20.1 Å². The standard InChI is InChI=1S/C18H22N2O3/c1-13(2)23-16-10-8-15(9-11-16)20-18(21)19-12-14-6-4-5-7-17(14)22-3/h4-11,13H,12H2,1-3H3,(H2,19,20,21). The molecule has 5 heteroatoms. The molecule has 0 aliphatic rings. The van der Waals surface area contributed by atoms with Crippen molar-refractivity contribution in [3.8, 4) is 11.5 Å². The zero-order valence-electron chi connectivity index (χ0n) is 13.6. The molecule has 0 aromatic heterocycles. The number of carbonyl (C=O) groups excluding carboxylic acids is 1. The van der Waals surface area contributed by atoms with E-state index in [-0.39, 0.29) is 12.1 Å². The Morgan fingerprint density at radius 3 is 2.43 bits per heavy atom. The number of anilines is 1. The molecular weight excluding hydrogens is 292 g/mol. The maximum Gasteiger partial charge on any atom is 0.319 e. The molecule has 2 rings (SSSR count). The maximum absolute atomic E-state index is 12.0. The van der Waals surface area contributed by atoms with Crippen molar-refractivity contribution >= 4 is 11.7 Å². The highest BCUT2D eigenvalue weighted by molar-refractivity contribution is 5.89. The van der Waals surface area contributed by atoms with Crippen molar-refractivity contribution in [1.29, 1.82) is 0 Å². The molecule has 0 radical (unpaired) electrons. The van der Waals surface area contributed by atoms with Crippen molar-refractivity contribution in [2.45, 2.75) is 26.5 Å². The fourth-order valence-corrected chi connectivity index (χ4v) is 2.09. The summed E-state index contributed by atoms with van der Waals surface area (Å²) in [6, 6.07) is 14.6. The number of benzene rings is 2. The first kappa shape index (κ1) is 16.7. The first-order valence-electron chi connectivity index (χ1n) is 7.52. The number of para-hydroxylation sites is 1. The number of methoxy groups -OCH3 is 1. The number of ether oxygens (including phenoxy) is 2. The minimum atomic E-state index is -0.270. The van der Waals surface area contributed by atoms with Crippen LogP contribution in [-0.4, -0.2) is 19.2 Å². The van der Waals surface area contributed by atoms with E-state index in [2.05, 4.69) is 10.6 Å². The predicted octanol–water partition coefficient (Wildman–Crippen LogP) is 3.80. The molecule has 122 valence electrons. The van der Waals surface area contributed by atoms with Crippen LogP contribution in [-0.2, 0) is 6.54 Å². The van der Waals surface area contributed by atoms with E-state index in [9.17, 15) is 4.79 Å². The number of rotatable bonds is 6. The first-order chi connectivity index (χ1) is 11.1. The van der Waals surface area contributed by atoms with Crippen LogP contribution in [0.5, 0.6) is 11.5 Å². The molecule has 2 amide bonds. The molecular formula is C18H22N2O3.